The van der Waals surface area contributed by atoms with E-state index in [-0.39, 0.29) is 0 Å². The Labute approximate surface area is 203 Å². The zero-order valence-electron chi connectivity index (χ0n) is 19.0. The first-order valence-electron chi connectivity index (χ1n) is 11.6. The number of hydrogen-bond donors (Lipinski definition) is 1. The van der Waals surface area contributed by atoms with Gasteiger partial charge < -0.3 is 9.88 Å². The number of para-hydroxylation sites is 1. The highest BCUT2D eigenvalue weighted by molar-refractivity contribution is 5.90. The molecule has 0 unspecified atom stereocenters. The van der Waals surface area contributed by atoms with Gasteiger partial charge in [0.2, 0.25) is 0 Å². The molecule has 35 heavy (non-hydrogen) atoms. The van der Waals surface area contributed by atoms with Crippen LogP contribution in [0.5, 0.6) is 0 Å². The highest BCUT2D eigenvalue weighted by Gasteiger charge is 2.21. The molecule has 1 N–H and O–H groups in total. The van der Waals surface area contributed by atoms with Crippen LogP contribution in [-0.4, -0.2) is 19.9 Å². The van der Waals surface area contributed by atoms with Crippen molar-refractivity contribution in [3.8, 4) is 22.8 Å². The minimum absolute atomic E-state index is 0.640. The van der Waals surface area contributed by atoms with Gasteiger partial charge in [0, 0.05) is 23.4 Å². The molecule has 6 rings (SSSR count). The van der Waals surface area contributed by atoms with Crippen molar-refractivity contribution in [2.45, 2.75) is 6.54 Å². The summed E-state index contributed by atoms with van der Waals surface area (Å²) >= 11 is 0. The van der Waals surface area contributed by atoms with E-state index < -0.39 is 0 Å². The van der Waals surface area contributed by atoms with Crippen molar-refractivity contribution in [2.75, 3.05) is 4.90 Å². The zero-order valence-corrected chi connectivity index (χ0v) is 19.0. The third-order valence-electron chi connectivity index (χ3n) is 5.92. The summed E-state index contributed by atoms with van der Waals surface area (Å²) in [5, 5.41) is 0. The molecule has 0 spiro atoms. The summed E-state index contributed by atoms with van der Waals surface area (Å²) in [6.07, 6.45) is 0. The maximum atomic E-state index is 5.09. The van der Waals surface area contributed by atoms with Gasteiger partial charge in [-0.15, -0.1) is 0 Å². The van der Waals surface area contributed by atoms with Crippen molar-refractivity contribution in [2.24, 2.45) is 0 Å². The molecule has 0 saturated heterocycles. The predicted molar refractivity (Wildman–Crippen MR) is 141 cm³/mol. The van der Waals surface area contributed by atoms with Crippen LogP contribution in [0.15, 0.2) is 121 Å². The first-order valence-corrected chi connectivity index (χ1v) is 11.6. The van der Waals surface area contributed by atoms with Gasteiger partial charge >= 0.3 is 0 Å². The number of nitrogens with zero attached hydrogens (tertiary/aromatic N) is 4. The second-order valence-electron chi connectivity index (χ2n) is 8.29. The highest BCUT2D eigenvalue weighted by Crippen LogP contribution is 2.34. The van der Waals surface area contributed by atoms with E-state index in [0.29, 0.717) is 18.0 Å². The van der Waals surface area contributed by atoms with Crippen LogP contribution in [0, 0.1) is 0 Å². The molecule has 0 aliphatic rings. The Kier molecular flexibility index (Phi) is 5.49. The Morgan fingerprint density at radius 3 is 1.80 bits per heavy atom. The van der Waals surface area contributed by atoms with Crippen LogP contribution in [0.2, 0.25) is 0 Å². The molecule has 4 aromatic carbocycles. The van der Waals surface area contributed by atoms with Crippen LogP contribution in [0.3, 0.4) is 0 Å². The second kappa shape index (κ2) is 9.23. The lowest BCUT2D eigenvalue weighted by Gasteiger charge is -2.25. The van der Waals surface area contributed by atoms with Crippen molar-refractivity contribution in [3.63, 3.8) is 0 Å². The Bertz CT molecular complexity index is 1550. The maximum absolute atomic E-state index is 5.09. The van der Waals surface area contributed by atoms with Crippen LogP contribution in [0.4, 0.5) is 11.5 Å². The predicted octanol–water partition coefficient (Wildman–Crippen LogP) is 7.03. The summed E-state index contributed by atoms with van der Waals surface area (Å²) < 4.78 is 0. The van der Waals surface area contributed by atoms with Crippen molar-refractivity contribution in [1.29, 1.82) is 0 Å². The summed E-state index contributed by atoms with van der Waals surface area (Å²) in [5.74, 6) is 2.21. The first-order chi connectivity index (χ1) is 17.3. The maximum Gasteiger partial charge on any atom is 0.184 e. The van der Waals surface area contributed by atoms with E-state index in [0.717, 1.165) is 34.0 Å². The number of aromatic amines is 1. The van der Waals surface area contributed by atoms with Crippen LogP contribution < -0.4 is 4.90 Å². The fraction of sp³-hybridized carbons (Fsp3) is 0.0333. The molecular weight excluding hydrogens is 430 g/mol. The van der Waals surface area contributed by atoms with E-state index in [9.17, 15) is 0 Å². The van der Waals surface area contributed by atoms with Gasteiger partial charge in [-0.3, -0.25) is 0 Å². The van der Waals surface area contributed by atoms with Gasteiger partial charge in [-0.1, -0.05) is 109 Å². The monoisotopic (exact) mass is 453 g/mol. The molecule has 168 valence electrons. The fourth-order valence-electron chi connectivity index (χ4n) is 4.19. The zero-order chi connectivity index (χ0) is 23.5. The van der Waals surface area contributed by atoms with E-state index >= 15 is 0 Å². The van der Waals surface area contributed by atoms with E-state index in [1.807, 2.05) is 84.9 Å². The van der Waals surface area contributed by atoms with E-state index in [2.05, 4.69) is 46.3 Å². The fourth-order valence-corrected chi connectivity index (χ4v) is 4.19. The molecule has 0 fully saturated rings. The smallest absolute Gasteiger partial charge is 0.184 e. The van der Waals surface area contributed by atoms with E-state index in [1.54, 1.807) is 0 Å². The molecule has 2 aromatic heterocycles. The molecule has 0 aliphatic heterocycles. The Morgan fingerprint density at radius 1 is 0.571 bits per heavy atom. The summed E-state index contributed by atoms with van der Waals surface area (Å²) in [5.41, 5.74) is 5.64. The highest BCUT2D eigenvalue weighted by atomic mass is 15.2. The van der Waals surface area contributed by atoms with E-state index in [1.165, 1.54) is 5.56 Å². The Balaban J connectivity index is 1.58. The quantitative estimate of drug-likeness (QED) is 0.294. The number of rotatable bonds is 6. The lowest BCUT2D eigenvalue weighted by atomic mass is 10.2. The molecule has 0 radical (unpaired) electrons. The Hall–Kier alpha value is -4.77. The molecule has 0 aliphatic carbocycles. The number of anilines is 2. The normalized spacial score (nSPS) is 11.0. The number of imidazole rings is 1. The van der Waals surface area contributed by atoms with Crippen LogP contribution in [0.1, 0.15) is 5.56 Å². The van der Waals surface area contributed by atoms with Crippen LogP contribution in [0.25, 0.3) is 33.9 Å². The first kappa shape index (κ1) is 20.8. The van der Waals surface area contributed by atoms with Gasteiger partial charge in [0.25, 0.3) is 0 Å². The summed E-state index contributed by atoms with van der Waals surface area (Å²) in [4.78, 5) is 20.6. The van der Waals surface area contributed by atoms with Crippen molar-refractivity contribution < 1.29 is 0 Å². The van der Waals surface area contributed by atoms with E-state index in [4.69, 9.17) is 15.0 Å². The van der Waals surface area contributed by atoms with Gasteiger partial charge in [-0.25, -0.2) is 15.0 Å². The summed E-state index contributed by atoms with van der Waals surface area (Å²) in [6, 6.07) is 40.9. The molecule has 0 amide bonds. The standard InChI is InChI=1S/C30H23N5/c1-5-13-22(14-6-1)21-35(25-19-11-4-12-20-25)30-26-29(32-27(31-26)23-15-7-2-8-16-23)33-28(34-30)24-17-9-3-10-18-24/h1-20H,21H2,(H,31,32,33,34). The number of benzene rings is 4. The molecule has 0 saturated carbocycles. The molecule has 5 heteroatoms. The molecular formula is C30H23N5. The second-order valence-corrected chi connectivity index (χ2v) is 8.29. The van der Waals surface area contributed by atoms with Crippen LogP contribution in [-0.2, 0) is 6.54 Å². The number of nitrogens with one attached hydrogen (secondary N) is 1. The summed E-state index contributed by atoms with van der Waals surface area (Å²) in [7, 11) is 0. The number of fused-ring (bicyclic) bond motifs is 1. The van der Waals surface area contributed by atoms with Gasteiger partial charge in [0.05, 0.1) is 0 Å². The average molecular weight is 454 g/mol. The molecule has 0 bridgehead atoms. The Morgan fingerprint density at radius 2 is 1.14 bits per heavy atom. The topological polar surface area (TPSA) is 57.7 Å². The third kappa shape index (κ3) is 4.27. The van der Waals surface area contributed by atoms with Crippen molar-refractivity contribution in [3.05, 3.63) is 127 Å². The summed E-state index contributed by atoms with van der Waals surface area (Å²) in [6.45, 7) is 0.658. The van der Waals surface area contributed by atoms with Crippen LogP contribution >= 0.6 is 0 Å². The number of hydrogen-bond acceptors (Lipinski definition) is 4. The molecule has 2 heterocycles. The van der Waals surface area contributed by atoms with Gasteiger partial charge in [0.15, 0.2) is 17.3 Å². The minimum atomic E-state index is 0.640. The number of H-pyrrole nitrogens is 1. The van der Waals surface area contributed by atoms with Gasteiger partial charge in [0.1, 0.15) is 11.3 Å². The van der Waals surface area contributed by atoms with Crippen molar-refractivity contribution in [1.82, 2.24) is 19.9 Å². The largest absolute Gasteiger partial charge is 0.334 e. The molecule has 6 aromatic rings. The van der Waals surface area contributed by atoms with Gasteiger partial charge in [-0.05, 0) is 17.7 Å². The average Bonchev–Trinajstić information content (AvgIpc) is 3.38. The number of aromatic nitrogens is 4. The lowest BCUT2D eigenvalue weighted by molar-refractivity contribution is 0.948. The minimum Gasteiger partial charge on any atom is -0.334 e. The van der Waals surface area contributed by atoms with Crippen molar-refractivity contribution >= 4 is 22.7 Å². The lowest BCUT2D eigenvalue weighted by Crippen LogP contribution is -2.18. The van der Waals surface area contributed by atoms with Gasteiger partial charge in [-0.2, -0.15) is 0 Å². The molecule has 0 atom stereocenters. The SMILES string of the molecule is c1ccc(CN(c2ccccc2)c2nc(-c3ccccc3)nc3nc(-c4ccccc4)[nH]c23)cc1. The molecule has 5 nitrogen and oxygen atoms in total. The third-order valence-corrected chi connectivity index (χ3v) is 5.92.